The Morgan fingerprint density at radius 2 is 2.45 bits per heavy atom. The molecule has 2 aliphatic rings. The van der Waals surface area contributed by atoms with Gasteiger partial charge in [0.15, 0.2) is 5.01 Å². The summed E-state index contributed by atoms with van der Waals surface area (Å²) in [5.74, 6) is 0.886. The molecule has 0 saturated carbocycles. The van der Waals surface area contributed by atoms with Crippen LogP contribution in [0.2, 0.25) is 0 Å². The third-order valence-corrected chi connectivity index (χ3v) is 5.19. The second-order valence-electron chi connectivity index (χ2n) is 5.69. The molecule has 1 amide bonds. The minimum absolute atomic E-state index is 0.0819. The molecule has 122 valence electrons. The summed E-state index contributed by atoms with van der Waals surface area (Å²) in [5.41, 5.74) is 0. The van der Waals surface area contributed by atoms with Gasteiger partial charge >= 0.3 is 0 Å². The summed E-state index contributed by atoms with van der Waals surface area (Å²) in [7, 11) is 1.70. The van der Waals surface area contributed by atoms with E-state index in [1.807, 2.05) is 0 Å². The molecule has 2 aliphatic heterocycles. The van der Waals surface area contributed by atoms with Gasteiger partial charge < -0.3 is 19.7 Å². The van der Waals surface area contributed by atoms with Crippen molar-refractivity contribution in [1.82, 2.24) is 10.3 Å². The van der Waals surface area contributed by atoms with Crippen molar-refractivity contribution in [1.29, 1.82) is 0 Å². The summed E-state index contributed by atoms with van der Waals surface area (Å²) in [4.78, 5) is 20.3. The first-order valence-corrected chi connectivity index (χ1v) is 8.73. The minimum atomic E-state index is -0.0819. The standard InChI is InChI=1S/C15H23N3O3S/c1-20-9-7-18-6-2-5-12-13(18)17-15(22-12)14(19)16-10-11-4-3-8-21-11/h11H,2-10H2,1H3,(H,16,19). The number of anilines is 1. The van der Waals surface area contributed by atoms with E-state index >= 15 is 0 Å². The van der Waals surface area contributed by atoms with Gasteiger partial charge in [0.25, 0.3) is 5.91 Å². The highest BCUT2D eigenvalue weighted by atomic mass is 32.1. The van der Waals surface area contributed by atoms with Crippen molar-refractivity contribution in [3.05, 3.63) is 9.88 Å². The van der Waals surface area contributed by atoms with E-state index in [9.17, 15) is 4.79 Å². The summed E-state index contributed by atoms with van der Waals surface area (Å²) in [6.07, 6.45) is 4.39. The zero-order chi connectivity index (χ0) is 15.4. The molecule has 6 nitrogen and oxygen atoms in total. The number of amides is 1. The highest BCUT2D eigenvalue weighted by molar-refractivity contribution is 7.14. The molecule has 1 aromatic rings. The van der Waals surface area contributed by atoms with E-state index in [1.54, 1.807) is 7.11 Å². The summed E-state index contributed by atoms with van der Waals surface area (Å²) in [6.45, 7) is 3.87. The van der Waals surface area contributed by atoms with Crippen molar-refractivity contribution in [2.45, 2.75) is 31.8 Å². The van der Waals surface area contributed by atoms with Crippen molar-refractivity contribution in [2.75, 3.05) is 44.9 Å². The molecule has 1 N–H and O–H groups in total. The number of nitrogens with zero attached hydrogens (tertiary/aromatic N) is 2. The molecule has 1 fully saturated rings. The van der Waals surface area contributed by atoms with Crippen LogP contribution in [0.1, 0.15) is 33.9 Å². The molecular formula is C15H23N3O3S. The average Bonchev–Trinajstić information content (AvgIpc) is 3.19. The normalized spacial score (nSPS) is 21.0. The van der Waals surface area contributed by atoms with Crippen molar-refractivity contribution in [3.8, 4) is 0 Å². The molecule has 0 radical (unpaired) electrons. The highest BCUT2D eigenvalue weighted by Gasteiger charge is 2.24. The molecule has 7 heteroatoms. The molecule has 0 aromatic carbocycles. The number of ether oxygens (including phenoxy) is 2. The molecule has 1 atom stereocenters. The first-order chi connectivity index (χ1) is 10.8. The smallest absolute Gasteiger partial charge is 0.280 e. The lowest BCUT2D eigenvalue weighted by Crippen LogP contribution is -2.33. The average molecular weight is 325 g/mol. The monoisotopic (exact) mass is 325 g/mol. The molecule has 0 spiro atoms. The van der Waals surface area contributed by atoms with Crippen LogP contribution in [-0.4, -0.2) is 57.0 Å². The van der Waals surface area contributed by atoms with Crippen molar-refractivity contribution in [3.63, 3.8) is 0 Å². The lowest BCUT2D eigenvalue weighted by Gasteiger charge is -2.26. The summed E-state index contributed by atoms with van der Waals surface area (Å²) < 4.78 is 10.7. The quantitative estimate of drug-likeness (QED) is 0.858. The Morgan fingerprint density at radius 1 is 1.55 bits per heavy atom. The van der Waals surface area contributed by atoms with Crippen LogP contribution in [0.5, 0.6) is 0 Å². The molecule has 1 aromatic heterocycles. The van der Waals surface area contributed by atoms with Crippen LogP contribution >= 0.6 is 11.3 Å². The van der Waals surface area contributed by atoms with Gasteiger partial charge in [-0.15, -0.1) is 11.3 Å². The van der Waals surface area contributed by atoms with Gasteiger partial charge in [-0.05, 0) is 25.7 Å². The van der Waals surface area contributed by atoms with Gasteiger partial charge in [-0.25, -0.2) is 4.98 Å². The number of hydrogen-bond acceptors (Lipinski definition) is 6. The van der Waals surface area contributed by atoms with E-state index in [0.29, 0.717) is 18.2 Å². The maximum Gasteiger partial charge on any atom is 0.280 e. The third-order valence-electron chi connectivity index (χ3n) is 4.08. The second kappa shape index (κ2) is 7.39. The van der Waals surface area contributed by atoms with Crippen LogP contribution in [0.25, 0.3) is 0 Å². The Morgan fingerprint density at radius 3 is 3.23 bits per heavy atom. The molecule has 1 saturated heterocycles. The number of fused-ring (bicyclic) bond motifs is 1. The Labute approximate surface area is 134 Å². The van der Waals surface area contributed by atoms with Crippen LogP contribution in [0.15, 0.2) is 0 Å². The lowest BCUT2D eigenvalue weighted by molar-refractivity contribution is 0.0857. The van der Waals surface area contributed by atoms with Gasteiger partial charge in [0.1, 0.15) is 5.82 Å². The number of thiazole rings is 1. The lowest BCUT2D eigenvalue weighted by atomic mass is 10.2. The van der Waals surface area contributed by atoms with Crippen molar-refractivity contribution < 1.29 is 14.3 Å². The number of hydrogen-bond donors (Lipinski definition) is 1. The van der Waals surface area contributed by atoms with Gasteiger partial charge in [0.2, 0.25) is 0 Å². The van der Waals surface area contributed by atoms with Gasteiger partial charge in [-0.3, -0.25) is 4.79 Å². The Balaban J connectivity index is 1.62. The zero-order valence-electron chi connectivity index (χ0n) is 13.0. The Hall–Kier alpha value is -1.18. The van der Waals surface area contributed by atoms with Crippen molar-refractivity contribution in [2.24, 2.45) is 0 Å². The van der Waals surface area contributed by atoms with Crippen LogP contribution in [-0.2, 0) is 15.9 Å². The van der Waals surface area contributed by atoms with Crippen LogP contribution in [0.3, 0.4) is 0 Å². The number of carbonyl (C=O) groups is 1. The number of nitrogens with one attached hydrogen (secondary N) is 1. The van der Waals surface area contributed by atoms with E-state index in [1.165, 1.54) is 16.2 Å². The molecule has 22 heavy (non-hydrogen) atoms. The largest absolute Gasteiger partial charge is 0.383 e. The molecule has 0 bridgehead atoms. The molecule has 0 aliphatic carbocycles. The summed E-state index contributed by atoms with van der Waals surface area (Å²) in [6, 6.07) is 0. The van der Waals surface area contributed by atoms with E-state index < -0.39 is 0 Å². The van der Waals surface area contributed by atoms with E-state index in [2.05, 4.69) is 15.2 Å². The first kappa shape index (κ1) is 15.7. The first-order valence-electron chi connectivity index (χ1n) is 7.91. The number of aryl methyl sites for hydroxylation is 1. The fourth-order valence-corrected chi connectivity index (χ4v) is 3.94. The number of aromatic nitrogens is 1. The minimum Gasteiger partial charge on any atom is -0.383 e. The Bertz CT molecular complexity index is 514. The highest BCUT2D eigenvalue weighted by Crippen LogP contribution is 2.31. The second-order valence-corrected chi connectivity index (χ2v) is 6.78. The maximum absolute atomic E-state index is 12.3. The summed E-state index contributed by atoms with van der Waals surface area (Å²) in [5, 5.41) is 3.51. The zero-order valence-corrected chi connectivity index (χ0v) is 13.8. The molecule has 1 unspecified atom stereocenters. The van der Waals surface area contributed by atoms with Crippen LogP contribution < -0.4 is 10.2 Å². The van der Waals surface area contributed by atoms with Gasteiger partial charge in [-0.2, -0.15) is 0 Å². The number of rotatable bonds is 6. The predicted molar refractivity (Wildman–Crippen MR) is 85.8 cm³/mol. The fourth-order valence-electron chi connectivity index (χ4n) is 2.89. The number of carbonyl (C=O) groups excluding carboxylic acids is 1. The third kappa shape index (κ3) is 3.59. The SMILES string of the molecule is COCCN1CCCc2sc(C(=O)NCC3CCCO3)nc21. The van der Waals surface area contributed by atoms with E-state index in [-0.39, 0.29) is 12.0 Å². The maximum atomic E-state index is 12.3. The van der Waals surface area contributed by atoms with Crippen LogP contribution in [0, 0.1) is 0 Å². The van der Waals surface area contributed by atoms with Crippen molar-refractivity contribution >= 4 is 23.1 Å². The number of methoxy groups -OCH3 is 1. The van der Waals surface area contributed by atoms with Gasteiger partial charge in [-0.1, -0.05) is 0 Å². The predicted octanol–water partition coefficient (Wildman–Crippen LogP) is 1.45. The van der Waals surface area contributed by atoms with Gasteiger partial charge in [0.05, 0.1) is 12.7 Å². The Kier molecular flexibility index (Phi) is 5.28. The van der Waals surface area contributed by atoms with E-state index in [0.717, 1.165) is 51.2 Å². The topological polar surface area (TPSA) is 63.7 Å². The summed E-state index contributed by atoms with van der Waals surface area (Å²) >= 11 is 1.52. The van der Waals surface area contributed by atoms with Gasteiger partial charge in [0, 0.05) is 38.2 Å². The molecular weight excluding hydrogens is 302 g/mol. The fraction of sp³-hybridized carbons (Fsp3) is 0.733. The van der Waals surface area contributed by atoms with Crippen LogP contribution in [0.4, 0.5) is 5.82 Å². The molecule has 3 rings (SSSR count). The molecule has 3 heterocycles. The van der Waals surface area contributed by atoms with E-state index in [4.69, 9.17) is 9.47 Å².